The molecule has 92 valence electrons. The van der Waals surface area contributed by atoms with Crippen molar-refractivity contribution in [3.8, 4) is 5.75 Å². The Balaban J connectivity index is 2.73. The van der Waals surface area contributed by atoms with Gasteiger partial charge in [-0.25, -0.2) is 0 Å². The van der Waals surface area contributed by atoms with Gasteiger partial charge in [-0.2, -0.15) is 0 Å². The number of nitrogens with two attached hydrogens (primary N) is 1. The van der Waals surface area contributed by atoms with Gasteiger partial charge in [0.05, 0.1) is 15.0 Å². The quantitative estimate of drug-likeness (QED) is 0.663. The van der Waals surface area contributed by atoms with Gasteiger partial charge in [0, 0.05) is 18.7 Å². The molecule has 0 aromatic heterocycles. The summed E-state index contributed by atoms with van der Waals surface area (Å²) >= 11 is 11.6. The lowest BCUT2D eigenvalue weighted by atomic mass is 10.3. The first kappa shape index (κ1) is 13.8. The molecule has 0 atom stereocenters. The molecule has 0 aliphatic carbocycles. The summed E-state index contributed by atoms with van der Waals surface area (Å²) in [5.41, 5.74) is 5.17. The zero-order chi connectivity index (χ0) is 12.8. The summed E-state index contributed by atoms with van der Waals surface area (Å²) in [5, 5.41) is 11.1. The molecule has 1 aromatic rings. The molecule has 0 amide bonds. The van der Waals surface area contributed by atoms with Crippen molar-refractivity contribution in [1.29, 1.82) is 0 Å². The third kappa shape index (κ3) is 4.22. The minimum atomic E-state index is -0.531. The van der Waals surface area contributed by atoms with Gasteiger partial charge in [-0.05, 0) is 6.07 Å². The number of nitrogens with zero attached hydrogens (tertiary/aromatic N) is 1. The number of ether oxygens (including phenoxy) is 1. The van der Waals surface area contributed by atoms with E-state index >= 15 is 0 Å². The average molecular weight is 277 g/mol. The van der Waals surface area contributed by atoms with E-state index in [9.17, 15) is 10.1 Å². The molecule has 0 aliphatic rings. The maximum absolute atomic E-state index is 10.5. The minimum Gasteiger partial charge on any atom is -0.486 e. The first-order valence-electron chi connectivity index (χ1n) is 4.66. The van der Waals surface area contributed by atoms with Crippen LogP contribution in [0, 0.1) is 10.1 Å². The molecule has 0 saturated heterocycles. The van der Waals surface area contributed by atoms with Crippen molar-refractivity contribution in [3.63, 3.8) is 0 Å². The molecule has 2 N–H and O–H groups in total. The van der Waals surface area contributed by atoms with Crippen molar-refractivity contribution in [2.24, 2.45) is 5.73 Å². The number of hydrogen-bond donors (Lipinski definition) is 1. The topological polar surface area (TPSA) is 78.4 Å². The Morgan fingerprint density at radius 2 is 2.29 bits per heavy atom. The van der Waals surface area contributed by atoms with Crippen LogP contribution in [0.15, 0.2) is 29.3 Å². The average Bonchev–Trinajstić information content (AvgIpc) is 2.27. The van der Waals surface area contributed by atoms with Crippen LogP contribution in [0.1, 0.15) is 0 Å². The van der Waals surface area contributed by atoms with Crippen molar-refractivity contribution >= 4 is 28.9 Å². The summed E-state index contributed by atoms with van der Waals surface area (Å²) in [5.74, 6) is 0.334. The standard InChI is InChI=1S/C10H10Cl2N2O3/c11-7(3-4-13)6-17-10-2-1-8(14(15)16)5-9(10)12/h1-3,5H,4,6,13H2. The highest BCUT2D eigenvalue weighted by molar-refractivity contribution is 6.32. The number of hydrogen-bond acceptors (Lipinski definition) is 4. The van der Waals surface area contributed by atoms with Crippen LogP contribution in [0.5, 0.6) is 5.75 Å². The van der Waals surface area contributed by atoms with Gasteiger partial charge in [-0.3, -0.25) is 10.1 Å². The number of nitro benzene ring substituents is 1. The van der Waals surface area contributed by atoms with Gasteiger partial charge in [0.1, 0.15) is 12.4 Å². The summed E-state index contributed by atoms with van der Waals surface area (Å²) in [7, 11) is 0. The van der Waals surface area contributed by atoms with Crippen molar-refractivity contribution in [2.75, 3.05) is 13.2 Å². The Bertz CT molecular complexity index is 449. The third-order valence-corrected chi connectivity index (χ3v) is 2.39. The molecule has 0 radical (unpaired) electrons. The first-order chi connectivity index (χ1) is 8.04. The number of halogens is 2. The molecule has 0 spiro atoms. The Hall–Kier alpha value is -1.30. The van der Waals surface area contributed by atoms with E-state index in [2.05, 4.69) is 0 Å². The van der Waals surface area contributed by atoms with Gasteiger partial charge in [0.2, 0.25) is 0 Å². The molecular weight excluding hydrogens is 267 g/mol. The zero-order valence-electron chi connectivity index (χ0n) is 8.73. The van der Waals surface area contributed by atoms with Crippen molar-refractivity contribution in [2.45, 2.75) is 0 Å². The summed E-state index contributed by atoms with van der Waals surface area (Å²) in [6, 6.07) is 3.95. The number of benzene rings is 1. The van der Waals surface area contributed by atoms with Crippen molar-refractivity contribution in [3.05, 3.63) is 44.4 Å². The van der Waals surface area contributed by atoms with E-state index in [1.165, 1.54) is 18.2 Å². The molecule has 0 heterocycles. The summed E-state index contributed by atoms with van der Waals surface area (Å²) < 4.78 is 5.28. The van der Waals surface area contributed by atoms with Crippen LogP contribution in [0.2, 0.25) is 5.02 Å². The van der Waals surface area contributed by atoms with E-state index in [1.54, 1.807) is 6.08 Å². The van der Waals surface area contributed by atoms with Crippen LogP contribution < -0.4 is 10.5 Å². The van der Waals surface area contributed by atoms with Crippen LogP contribution >= 0.6 is 23.2 Å². The van der Waals surface area contributed by atoms with Crippen molar-refractivity contribution in [1.82, 2.24) is 0 Å². The van der Waals surface area contributed by atoms with Gasteiger partial charge < -0.3 is 10.5 Å². The Kier molecular flexibility index (Phi) is 5.21. The summed E-state index contributed by atoms with van der Waals surface area (Å²) in [4.78, 5) is 9.95. The number of nitro groups is 1. The minimum absolute atomic E-state index is 0.0917. The van der Waals surface area contributed by atoms with Crippen LogP contribution in [0.3, 0.4) is 0 Å². The molecule has 1 aromatic carbocycles. The Morgan fingerprint density at radius 1 is 1.59 bits per heavy atom. The van der Waals surface area contributed by atoms with Gasteiger partial charge in [0.15, 0.2) is 0 Å². The third-order valence-electron chi connectivity index (χ3n) is 1.83. The lowest BCUT2D eigenvalue weighted by Gasteiger charge is -2.06. The maximum atomic E-state index is 10.5. The van der Waals surface area contributed by atoms with E-state index in [4.69, 9.17) is 33.7 Å². The first-order valence-corrected chi connectivity index (χ1v) is 5.41. The molecule has 0 aliphatic heterocycles. The SMILES string of the molecule is NCC=C(Cl)COc1ccc([N+](=O)[O-])cc1Cl. The molecule has 7 heteroatoms. The van der Waals surface area contributed by atoms with E-state index in [-0.39, 0.29) is 17.3 Å². The van der Waals surface area contributed by atoms with Gasteiger partial charge in [-0.15, -0.1) is 0 Å². The Morgan fingerprint density at radius 3 is 2.82 bits per heavy atom. The molecule has 17 heavy (non-hydrogen) atoms. The highest BCUT2D eigenvalue weighted by Crippen LogP contribution is 2.29. The summed E-state index contributed by atoms with van der Waals surface area (Å²) in [6.07, 6.45) is 1.60. The predicted octanol–water partition coefficient (Wildman–Crippen LogP) is 2.71. The van der Waals surface area contributed by atoms with E-state index < -0.39 is 4.92 Å². The highest BCUT2D eigenvalue weighted by Gasteiger charge is 2.10. The Labute approximate surface area is 108 Å². The fourth-order valence-electron chi connectivity index (χ4n) is 1.05. The predicted molar refractivity (Wildman–Crippen MR) is 66.6 cm³/mol. The second kappa shape index (κ2) is 6.44. The van der Waals surface area contributed by atoms with Gasteiger partial charge in [0.25, 0.3) is 5.69 Å². The normalized spacial score (nSPS) is 11.4. The largest absolute Gasteiger partial charge is 0.486 e. The van der Waals surface area contributed by atoms with Gasteiger partial charge in [-0.1, -0.05) is 29.3 Å². The smallest absolute Gasteiger partial charge is 0.271 e. The van der Waals surface area contributed by atoms with Crippen LogP contribution in [-0.4, -0.2) is 18.1 Å². The zero-order valence-corrected chi connectivity index (χ0v) is 10.2. The fraction of sp³-hybridized carbons (Fsp3) is 0.200. The molecule has 0 saturated carbocycles. The van der Waals surface area contributed by atoms with Crippen LogP contribution in [-0.2, 0) is 0 Å². The summed E-state index contributed by atoms with van der Waals surface area (Å²) in [6.45, 7) is 0.437. The number of non-ortho nitro benzene ring substituents is 1. The second-order valence-electron chi connectivity index (χ2n) is 3.05. The van der Waals surface area contributed by atoms with Crippen LogP contribution in [0.25, 0.3) is 0 Å². The maximum Gasteiger partial charge on any atom is 0.271 e. The fourth-order valence-corrected chi connectivity index (χ4v) is 1.43. The molecule has 0 unspecified atom stereocenters. The lowest BCUT2D eigenvalue weighted by molar-refractivity contribution is -0.384. The molecular formula is C10H10Cl2N2O3. The monoisotopic (exact) mass is 276 g/mol. The van der Waals surface area contributed by atoms with E-state index in [0.29, 0.717) is 17.3 Å². The van der Waals surface area contributed by atoms with E-state index in [0.717, 1.165) is 0 Å². The van der Waals surface area contributed by atoms with Crippen LogP contribution in [0.4, 0.5) is 5.69 Å². The van der Waals surface area contributed by atoms with Gasteiger partial charge >= 0.3 is 0 Å². The van der Waals surface area contributed by atoms with E-state index in [1.807, 2.05) is 0 Å². The molecule has 0 bridgehead atoms. The number of rotatable bonds is 5. The molecule has 5 nitrogen and oxygen atoms in total. The lowest BCUT2D eigenvalue weighted by Crippen LogP contribution is -2.01. The second-order valence-corrected chi connectivity index (χ2v) is 3.94. The highest BCUT2D eigenvalue weighted by atomic mass is 35.5. The van der Waals surface area contributed by atoms with Crippen molar-refractivity contribution < 1.29 is 9.66 Å². The molecule has 0 fully saturated rings. The molecule has 1 rings (SSSR count).